The minimum atomic E-state index is -0.350. The van der Waals surface area contributed by atoms with Gasteiger partial charge in [-0.15, -0.1) is 0 Å². The molecule has 1 saturated heterocycles. The number of H-pyrrole nitrogens is 1. The molecule has 0 unspecified atom stereocenters. The van der Waals surface area contributed by atoms with Crippen LogP contribution in [0, 0.1) is 0 Å². The quantitative estimate of drug-likeness (QED) is 0.723. The van der Waals surface area contributed by atoms with Gasteiger partial charge < -0.3 is 4.74 Å². The van der Waals surface area contributed by atoms with Gasteiger partial charge in [-0.2, -0.15) is 5.10 Å². The number of aromatic amines is 1. The molecule has 2 heterocycles. The van der Waals surface area contributed by atoms with Gasteiger partial charge >= 0.3 is 0 Å². The molecule has 1 fully saturated rings. The van der Waals surface area contributed by atoms with Crippen LogP contribution in [-0.2, 0) is 4.74 Å². The second-order valence-electron chi connectivity index (χ2n) is 5.24. The van der Waals surface area contributed by atoms with E-state index >= 15 is 0 Å². The van der Waals surface area contributed by atoms with E-state index in [2.05, 4.69) is 15.6 Å². The zero-order chi connectivity index (χ0) is 15.1. The van der Waals surface area contributed by atoms with E-state index in [-0.39, 0.29) is 17.4 Å². The summed E-state index contributed by atoms with van der Waals surface area (Å²) in [5, 5.41) is 8.63. The fourth-order valence-corrected chi connectivity index (χ4v) is 2.82. The summed E-state index contributed by atoms with van der Waals surface area (Å²) in [6, 6.07) is 7.25. The maximum absolute atomic E-state index is 12.5. The van der Waals surface area contributed by atoms with Crippen LogP contribution in [0.15, 0.2) is 24.3 Å². The van der Waals surface area contributed by atoms with E-state index in [1.807, 2.05) is 12.1 Å². The van der Waals surface area contributed by atoms with Crippen molar-refractivity contribution in [3.8, 4) is 11.3 Å². The number of carbonyl (C=O) groups excluding carboxylic acids is 2. The highest BCUT2D eigenvalue weighted by atomic mass is 16.5. The lowest BCUT2D eigenvalue weighted by atomic mass is 10.1. The van der Waals surface area contributed by atoms with Crippen LogP contribution in [0.4, 0.5) is 0 Å². The van der Waals surface area contributed by atoms with Crippen molar-refractivity contribution in [3.63, 3.8) is 0 Å². The first-order valence-corrected chi connectivity index (χ1v) is 7.12. The van der Waals surface area contributed by atoms with Crippen LogP contribution in [0.25, 0.3) is 11.3 Å². The molecule has 0 atom stereocenters. The topological polar surface area (TPSA) is 87.3 Å². The van der Waals surface area contributed by atoms with Crippen molar-refractivity contribution in [2.75, 3.05) is 26.3 Å². The summed E-state index contributed by atoms with van der Waals surface area (Å²) in [5.74, 6) is -0.511. The Kier molecular flexibility index (Phi) is 3.02. The number of rotatable bonds is 2. The molecule has 1 aliphatic carbocycles. The molecule has 2 N–H and O–H groups in total. The number of hydrogen-bond acceptors (Lipinski definition) is 5. The standard InChI is InChI=1S/C15H14N4O3/c20-14-10-4-2-1-3-9(10)12-11(14)13(17-16-12)15(21)18-19-5-7-22-8-6-19/h1-4H,5-8H2,(H,16,17)(H,18,21). The summed E-state index contributed by atoms with van der Waals surface area (Å²) >= 11 is 0. The highest BCUT2D eigenvalue weighted by Crippen LogP contribution is 2.36. The van der Waals surface area contributed by atoms with E-state index in [4.69, 9.17) is 4.74 Å². The molecule has 7 heteroatoms. The van der Waals surface area contributed by atoms with Crippen molar-refractivity contribution < 1.29 is 14.3 Å². The van der Waals surface area contributed by atoms with E-state index in [9.17, 15) is 9.59 Å². The molecule has 22 heavy (non-hydrogen) atoms. The van der Waals surface area contributed by atoms with Gasteiger partial charge in [0.25, 0.3) is 5.91 Å². The fourth-order valence-electron chi connectivity index (χ4n) is 2.82. The summed E-state index contributed by atoms with van der Waals surface area (Å²) in [5.41, 5.74) is 5.26. The molecule has 0 saturated carbocycles. The number of amides is 1. The van der Waals surface area contributed by atoms with Gasteiger partial charge in [0.1, 0.15) is 11.4 Å². The lowest BCUT2D eigenvalue weighted by Crippen LogP contribution is -2.48. The highest BCUT2D eigenvalue weighted by Gasteiger charge is 2.34. The Bertz CT molecular complexity index is 762. The van der Waals surface area contributed by atoms with Crippen molar-refractivity contribution in [3.05, 3.63) is 41.1 Å². The van der Waals surface area contributed by atoms with Crippen LogP contribution in [-0.4, -0.2) is 53.2 Å². The minimum absolute atomic E-state index is 0.161. The Morgan fingerprint density at radius 3 is 2.73 bits per heavy atom. The third kappa shape index (κ3) is 1.94. The summed E-state index contributed by atoms with van der Waals surface area (Å²) in [6.45, 7) is 2.39. The van der Waals surface area contributed by atoms with Crippen LogP contribution >= 0.6 is 0 Å². The zero-order valence-corrected chi connectivity index (χ0v) is 11.8. The molecule has 112 valence electrons. The molecule has 0 spiro atoms. The normalized spacial score (nSPS) is 17.2. The van der Waals surface area contributed by atoms with Gasteiger partial charge in [-0.3, -0.25) is 20.1 Å². The van der Waals surface area contributed by atoms with Gasteiger partial charge in [-0.1, -0.05) is 24.3 Å². The number of hydrogen-bond donors (Lipinski definition) is 2. The number of ether oxygens (including phenoxy) is 1. The zero-order valence-electron chi connectivity index (χ0n) is 11.8. The smallest absolute Gasteiger partial charge is 0.284 e. The second kappa shape index (κ2) is 5.04. The molecule has 1 amide bonds. The van der Waals surface area contributed by atoms with Gasteiger partial charge in [-0.25, -0.2) is 5.01 Å². The van der Waals surface area contributed by atoms with Crippen molar-refractivity contribution in [2.24, 2.45) is 0 Å². The molecule has 0 bridgehead atoms. The number of nitrogens with one attached hydrogen (secondary N) is 2. The summed E-state index contributed by atoms with van der Waals surface area (Å²) in [7, 11) is 0. The molecule has 2 aliphatic rings. The molecule has 2 aromatic rings. The van der Waals surface area contributed by atoms with Gasteiger partial charge in [0.15, 0.2) is 5.78 Å². The average molecular weight is 298 g/mol. The van der Waals surface area contributed by atoms with Crippen molar-refractivity contribution in [2.45, 2.75) is 0 Å². The highest BCUT2D eigenvalue weighted by molar-refractivity contribution is 6.24. The SMILES string of the molecule is O=C(NN1CCOCC1)c1[nH]nc2c1C(=O)c1ccccc1-2. The first kappa shape index (κ1) is 13.2. The van der Waals surface area contributed by atoms with Gasteiger partial charge in [-0.05, 0) is 0 Å². The predicted octanol–water partition coefficient (Wildman–Crippen LogP) is 0.598. The number of aromatic nitrogens is 2. The number of fused-ring (bicyclic) bond motifs is 3. The number of benzene rings is 1. The van der Waals surface area contributed by atoms with E-state index < -0.39 is 0 Å². The molecule has 1 aromatic carbocycles. The molecule has 7 nitrogen and oxygen atoms in total. The third-order valence-electron chi connectivity index (χ3n) is 3.92. The maximum atomic E-state index is 12.5. The molecule has 1 aromatic heterocycles. The Balaban J connectivity index is 1.64. The lowest BCUT2D eigenvalue weighted by Gasteiger charge is -2.26. The number of morpholine rings is 1. The summed E-state index contributed by atoms with van der Waals surface area (Å²) < 4.78 is 5.24. The number of hydrazine groups is 1. The van der Waals surface area contributed by atoms with Gasteiger partial charge in [0, 0.05) is 24.2 Å². The average Bonchev–Trinajstić information content (AvgIpc) is 3.10. The number of ketones is 1. The molecule has 0 radical (unpaired) electrons. The van der Waals surface area contributed by atoms with Crippen molar-refractivity contribution in [1.29, 1.82) is 0 Å². The van der Waals surface area contributed by atoms with Crippen molar-refractivity contribution >= 4 is 11.7 Å². The van der Waals surface area contributed by atoms with Crippen LogP contribution in [0.3, 0.4) is 0 Å². The summed E-state index contributed by atoms with van der Waals surface area (Å²) in [6.07, 6.45) is 0. The number of carbonyl (C=O) groups is 2. The van der Waals surface area contributed by atoms with Gasteiger partial charge in [0.05, 0.1) is 18.8 Å². The maximum Gasteiger partial charge on any atom is 0.284 e. The predicted molar refractivity (Wildman–Crippen MR) is 77.3 cm³/mol. The monoisotopic (exact) mass is 298 g/mol. The Morgan fingerprint density at radius 2 is 1.95 bits per heavy atom. The third-order valence-corrected chi connectivity index (χ3v) is 3.92. The van der Waals surface area contributed by atoms with E-state index in [0.29, 0.717) is 43.1 Å². The van der Waals surface area contributed by atoms with Crippen molar-refractivity contribution in [1.82, 2.24) is 20.6 Å². The van der Waals surface area contributed by atoms with E-state index in [0.717, 1.165) is 5.56 Å². The fraction of sp³-hybridized carbons (Fsp3) is 0.267. The van der Waals surface area contributed by atoms with E-state index in [1.54, 1.807) is 17.1 Å². The van der Waals surface area contributed by atoms with E-state index in [1.165, 1.54) is 0 Å². The molecule has 4 rings (SSSR count). The first-order chi connectivity index (χ1) is 10.8. The minimum Gasteiger partial charge on any atom is -0.379 e. The lowest BCUT2D eigenvalue weighted by molar-refractivity contribution is 0.0124. The molecular formula is C15H14N4O3. The second-order valence-corrected chi connectivity index (χ2v) is 5.24. The van der Waals surface area contributed by atoms with Crippen LogP contribution in [0.5, 0.6) is 0 Å². The Hall–Kier alpha value is -2.51. The molecule has 1 aliphatic heterocycles. The first-order valence-electron chi connectivity index (χ1n) is 7.12. The Labute approximate surface area is 126 Å². The van der Waals surface area contributed by atoms with Crippen LogP contribution in [0.1, 0.15) is 26.4 Å². The number of nitrogens with zero attached hydrogens (tertiary/aromatic N) is 2. The van der Waals surface area contributed by atoms with Crippen LogP contribution < -0.4 is 5.43 Å². The largest absolute Gasteiger partial charge is 0.379 e. The Morgan fingerprint density at radius 1 is 1.23 bits per heavy atom. The molecular weight excluding hydrogens is 284 g/mol. The van der Waals surface area contributed by atoms with Gasteiger partial charge in [0.2, 0.25) is 0 Å². The summed E-state index contributed by atoms with van der Waals surface area (Å²) in [4.78, 5) is 24.9. The van der Waals surface area contributed by atoms with Crippen LogP contribution in [0.2, 0.25) is 0 Å².